The largest absolute Gasteiger partial charge is 0.417 e. The lowest BCUT2D eigenvalue weighted by molar-refractivity contribution is -0.137. The van der Waals surface area contributed by atoms with E-state index in [2.05, 4.69) is 10.3 Å². The van der Waals surface area contributed by atoms with E-state index >= 15 is 0 Å². The highest BCUT2D eigenvalue weighted by molar-refractivity contribution is 6.33. The predicted octanol–water partition coefficient (Wildman–Crippen LogP) is 5.49. The molecule has 2 aromatic heterocycles. The van der Waals surface area contributed by atoms with Crippen LogP contribution in [-0.4, -0.2) is 15.3 Å². The summed E-state index contributed by atoms with van der Waals surface area (Å²) in [7, 11) is 0. The van der Waals surface area contributed by atoms with Crippen molar-refractivity contribution >= 4 is 28.8 Å². The number of fused-ring (bicyclic) bond motifs is 1. The van der Waals surface area contributed by atoms with Crippen LogP contribution in [0.25, 0.3) is 5.65 Å². The fraction of sp³-hybridized carbons (Fsp3) is 0.263. The van der Waals surface area contributed by atoms with E-state index in [4.69, 9.17) is 11.6 Å². The summed E-state index contributed by atoms with van der Waals surface area (Å²) in [4.78, 5) is 17.0. The van der Waals surface area contributed by atoms with Crippen LogP contribution in [0.3, 0.4) is 0 Å². The van der Waals surface area contributed by atoms with Crippen LogP contribution in [-0.2, 0) is 6.18 Å². The molecule has 0 fully saturated rings. The Kier molecular flexibility index (Phi) is 4.67. The molecule has 1 amide bonds. The molecule has 0 saturated carbocycles. The number of pyridine rings is 1. The van der Waals surface area contributed by atoms with Crippen LogP contribution in [0.1, 0.15) is 38.4 Å². The molecule has 0 aliphatic carbocycles. The number of amides is 1. The molecule has 8 heteroatoms. The first kappa shape index (κ1) is 19.2. The molecular formula is C19H17ClF3N3O. The number of rotatable bonds is 2. The van der Waals surface area contributed by atoms with E-state index in [0.717, 1.165) is 33.4 Å². The zero-order valence-electron chi connectivity index (χ0n) is 15.1. The Morgan fingerprint density at radius 3 is 2.26 bits per heavy atom. The van der Waals surface area contributed by atoms with Gasteiger partial charge in [-0.05, 0) is 44.9 Å². The maximum absolute atomic E-state index is 13.1. The normalized spacial score (nSPS) is 11.9. The average Bonchev–Trinajstić information content (AvgIpc) is 2.86. The second-order valence-corrected chi connectivity index (χ2v) is 6.95. The SMILES string of the molecule is Cc1cc(C)c(NC(=O)c2c(C)nc3c(Cl)cc(C(F)(F)F)cn23)c(C)c1. The lowest BCUT2D eigenvalue weighted by Crippen LogP contribution is -2.18. The van der Waals surface area contributed by atoms with Gasteiger partial charge in [-0.3, -0.25) is 9.20 Å². The Labute approximate surface area is 159 Å². The Balaban J connectivity index is 2.12. The number of halogens is 4. The van der Waals surface area contributed by atoms with Crippen molar-refractivity contribution in [3.8, 4) is 0 Å². The first-order valence-electron chi connectivity index (χ1n) is 8.13. The van der Waals surface area contributed by atoms with E-state index in [1.165, 1.54) is 0 Å². The van der Waals surface area contributed by atoms with E-state index in [0.29, 0.717) is 5.69 Å². The Morgan fingerprint density at radius 1 is 1.11 bits per heavy atom. The molecule has 0 radical (unpaired) electrons. The molecule has 27 heavy (non-hydrogen) atoms. The van der Waals surface area contributed by atoms with Crippen molar-refractivity contribution in [2.75, 3.05) is 5.32 Å². The zero-order valence-corrected chi connectivity index (χ0v) is 15.9. The quantitative estimate of drug-likeness (QED) is 0.623. The lowest BCUT2D eigenvalue weighted by atomic mass is 10.0. The van der Waals surface area contributed by atoms with Crippen LogP contribution in [0.2, 0.25) is 5.02 Å². The Bertz CT molecular complexity index is 1050. The Hall–Kier alpha value is -2.54. The third-order valence-corrected chi connectivity index (χ3v) is 4.59. The predicted molar refractivity (Wildman–Crippen MR) is 98.5 cm³/mol. The van der Waals surface area contributed by atoms with E-state index in [-0.39, 0.29) is 22.1 Å². The van der Waals surface area contributed by atoms with Gasteiger partial charge < -0.3 is 5.32 Å². The molecule has 0 atom stereocenters. The minimum atomic E-state index is -4.59. The minimum Gasteiger partial charge on any atom is -0.320 e. The fourth-order valence-corrected chi connectivity index (χ4v) is 3.45. The number of nitrogens with zero attached hydrogens (tertiary/aromatic N) is 2. The van der Waals surface area contributed by atoms with Crippen molar-refractivity contribution in [1.82, 2.24) is 9.38 Å². The third-order valence-electron chi connectivity index (χ3n) is 4.31. The molecule has 0 bridgehead atoms. The lowest BCUT2D eigenvalue weighted by Gasteiger charge is -2.14. The van der Waals surface area contributed by atoms with Crippen molar-refractivity contribution < 1.29 is 18.0 Å². The molecule has 0 aliphatic rings. The molecule has 1 N–H and O–H groups in total. The molecular weight excluding hydrogens is 379 g/mol. The average molecular weight is 396 g/mol. The van der Waals surface area contributed by atoms with Crippen molar-refractivity contribution in [3.63, 3.8) is 0 Å². The zero-order chi connectivity index (χ0) is 20.1. The number of nitrogens with one attached hydrogen (secondary N) is 1. The molecule has 0 saturated heterocycles. The van der Waals surface area contributed by atoms with E-state index in [9.17, 15) is 18.0 Å². The van der Waals surface area contributed by atoms with Gasteiger partial charge in [-0.2, -0.15) is 13.2 Å². The summed E-state index contributed by atoms with van der Waals surface area (Å²) in [6, 6.07) is 4.64. The van der Waals surface area contributed by atoms with Gasteiger partial charge in [0.1, 0.15) is 5.69 Å². The molecule has 2 heterocycles. The number of carbonyl (C=O) groups is 1. The van der Waals surface area contributed by atoms with Crippen LogP contribution in [0.15, 0.2) is 24.4 Å². The van der Waals surface area contributed by atoms with Crippen LogP contribution in [0, 0.1) is 27.7 Å². The first-order chi connectivity index (χ1) is 12.5. The molecule has 0 unspecified atom stereocenters. The van der Waals surface area contributed by atoms with Gasteiger partial charge in [-0.15, -0.1) is 0 Å². The summed E-state index contributed by atoms with van der Waals surface area (Å²) < 4.78 is 40.5. The maximum Gasteiger partial charge on any atom is 0.417 e. The van der Waals surface area contributed by atoms with E-state index in [1.807, 2.05) is 32.9 Å². The van der Waals surface area contributed by atoms with Crippen LogP contribution < -0.4 is 5.32 Å². The molecule has 3 aromatic rings. The van der Waals surface area contributed by atoms with Crippen molar-refractivity contribution in [3.05, 3.63) is 63.1 Å². The van der Waals surface area contributed by atoms with Crippen molar-refractivity contribution in [2.24, 2.45) is 0 Å². The van der Waals surface area contributed by atoms with E-state index in [1.54, 1.807) is 6.92 Å². The summed E-state index contributed by atoms with van der Waals surface area (Å²) in [5.74, 6) is -0.551. The first-order valence-corrected chi connectivity index (χ1v) is 8.51. The second kappa shape index (κ2) is 6.56. The molecule has 0 aliphatic heterocycles. The summed E-state index contributed by atoms with van der Waals surface area (Å²) >= 11 is 5.97. The number of aryl methyl sites for hydroxylation is 4. The van der Waals surface area contributed by atoms with Gasteiger partial charge >= 0.3 is 6.18 Å². The molecule has 142 valence electrons. The van der Waals surface area contributed by atoms with Gasteiger partial charge in [0, 0.05) is 11.9 Å². The number of aromatic nitrogens is 2. The molecule has 1 aromatic carbocycles. The number of imidazole rings is 1. The van der Waals surface area contributed by atoms with Crippen LogP contribution >= 0.6 is 11.6 Å². The third kappa shape index (κ3) is 3.51. The topological polar surface area (TPSA) is 46.4 Å². The van der Waals surface area contributed by atoms with Gasteiger partial charge in [0.25, 0.3) is 5.91 Å². The number of hydrogen-bond donors (Lipinski definition) is 1. The van der Waals surface area contributed by atoms with Gasteiger partial charge in [0.2, 0.25) is 0 Å². The summed E-state index contributed by atoms with van der Waals surface area (Å²) in [5.41, 5.74) is 2.85. The summed E-state index contributed by atoms with van der Waals surface area (Å²) in [5, 5.41) is 2.62. The number of carbonyl (C=O) groups excluding carboxylic acids is 1. The smallest absolute Gasteiger partial charge is 0.320 e. The number of hydrogen-bond acceptors (Lipinski definition) is 2. The number of alkyl halides is 3. The molecule has 0 spiro atoms. The number of benzene rings is 1. The van der Waals surface area contributed by atoms with Gasteiger partial charge in [-0.1, -0.05) is 29.3 Å². The Morgan fingerprint density at radius 2 is 1.70 bits per heavy atom. The standard InChI is InChI=1S/C19H17ClF3N3O/c1-9-5-10(2)15(11(3)6-9)25-18(27)16-12(4)24-17-14(20)7-13(8-26(16)17)19(21,22)23/h5-8H,1-4H3,(H,25,27). The molecule has 4 nitrogen and oxygen atoms in total. The molecule has 3 rings (SSSR count). The second-order valence-electron chi connectivity index (χ2n) is 6.54. The maximum atomic E-state index is 13.1. The highest BCUT2D eigenvalue weighted by Gasteiger charge is 2.33. The van der Waals surface area contributed by atoms with Crippen LogP contribution in [0.4, 0.5) is 18.9 Å². The number of anilines is 1. The van der Waals surface area contributed by atoms with Crippen LogP contribution in [0.5, 0.6) is 0 Å². The van der Waals surface area contributed by atoms with Crippen molar-refractivity contribution in [1.29, 1.82) is 0 Å². The van der Waals surface area contributed by atoms with Gasteiger partial charge in [0.05, 0.1) is 16.3 Å². The van der Waals surface area contributed by atoms with Crippen molar-refractivity contribution in [2.45, 2.75) is 33.9 Å². The van der Waals surface area contributed by atoms with Gasteiger partial charge in [0.15, 0.2) is 5.65 Å². The summed E-state index contributed by atoms with van der Waals surface area (Å²) in [6.07, 6.45) is -3.75. The van der Waals surface area contributed by atoms with E-state index < -0.39 is 17.6 Å². The van der Waals surface area contributed by atoms with Gasteiger partial charge in [-0.25, -0.2) is 4.98 Å². The minimum absolute atomic E-state index is 0.0115. The highest BCUT2D eigenvalue weighted by atomic mass is 35.5. The highest BCUT2D eigenvalue weighted by Crippen LogP contribution is 2.33. The fourth-order valence-electron chi connectivity index (χ4n) is 3.20. The summed E-state index contributed by atoms with van der Waals surface area (Å²) in [6.45, 7) is 7.21. The monoisotopic (exact) mass is 395 g/mol.